The largest absolute Gasteiger partial charge is 0.393 e. The van der Waals surface area contributed by atoms with Crippen molar-refractivity contribution in [1.29, 1.82) is 0 Å². The fraction of sp³-hybridized carbons (Fsp3) is 1.00. The van der Waals surface area contributed by atoms with Crippen LogP contribution in [0, 0.1) is 46.3 Å². The lowest BCUT2D eigenvalue weighted by Gasteiger charge is -2.64. The van der Waals surface area contributed by atoms with Crippen LogP contribution in [-0.2, 0) is 0 Å². The van der Waals surface area contributed by atoms with E-state index in [0.29, 0.717) is 5.41 Å². The number of aliphatic hydroxyl groups excluding tert-OH is 1. The summed E-state index contributed by atoms with van der Waals surface area (Å²) in [6.45, 7) is 12.5. The highest BCUT2D eigenvalue weighted by Crippen LogP contribution is 2.70. The zero-order chi connectivity index (χ0) is 21.0. The van der Waals surface area contributed by atoms with Crippen LogP contribution < -0.4 is 0 Å². The van der Waals surface area contributed by atoms with E-state index in [1.54, 1.807) is 0 Å². The average Bonchev–Trinajstić information content (AvgIpc) is 2.99. The highest BCUT2D eigenvalue weighted by Gasteiger charge is 2.64. The predicted octanol–water partition coefficient (Wildman–Crippen LogP) is 7.83. The van der Waals surface area contributed by atoms with E-state index >= 15 is 0 Å². The van der Waals surface area contributed by atoms with E-state index in [-0.39, 0.29) is 16.4 Å². The Morgan fingerprint density at radius 3 is 2.38 bits per heavy atom. The fourth-order valence-corrected chi connectivity index (χ4v) is 9.73. The molecule has 4 fully saturated rings. The molecule has 4 saturated carbocycles. The first-order valence-electron chi connectivity index (χ1n) is 13.0. The van der Waals surface area contributed by atoms with E-state index < -0.39 is 0 Å². The van der Waals surface area contributed by atoms with Crippen molar-refractivity contribution >= 4 is 11.6 Å². The third-order valence-electron chi connectivity index (χ3n) is 10.9. The minimum absolute atomic E-state index is 0.151. The van der Waals surface area contributed by atoms with Crippen LogP contribution in [-0.4, -0.2) is 16.1 Å². The molecule has 0 spiro atoms. The van der Waals surface area contributed by atoms with Gasteiger partial charge in [-0.2, -0.15) is 0 Å². The van der Waals surface area contributed by atoms with E-state index in [0.717, 1.165) is 61.2 Å². The van der Waals surface area contributed by atoms with Crippen molar-refractivity contribution in [2.75, 3.05) is 0 Å². The van der Waals surface area contributed by atoms with E-state index in [1.165, 1.54) is 51.4 Å². The molecule has 0 aliphatic heterocycles. The molecule has 4 aliphatic rings. The maximum atomic E-state index is 10.3. The molecular weight excluding hydrogens is 376 g/mol. The van der Waals surface area contributed by atoms with Crippen LogP contribution in [0.2, 0.25) is 0 Å². The van der Waals surface area contributed by atoms with Crippen LogP contribution in [0.25, 0.3) is 0 Å². The quantitative estimate of drug-likeness (QED) is 0.447. The summed E-state index contributed by atoms with van der Waals surface area (Å²) in [4.78, 5) is -0.151. The highest BCUT2D eigenvalue weighted by molar-refractivity contribution is 6.24. The SMILES string of the molecule is CC(C)CCC[C@@H](C)[C@H]1CC[C@H]2[C@@H]3CCC4(Cl)C[C@@H](O)CC[C@]4(C)[C@H]3CC[C@]12C. The second kappa shape index (κ2) is 7.99. The van der Waals surface area contributed by atoms with E-state index in [2.05, 4.69) is 34.6 Å². The molecule has 0 saturated heterocycles. The molecule has 0 heterocycles. The minimum Gasteiger partial charge on any atom is -0.393 e. The molecule has 1 unspecified atom stereocenters. The summed E-state index contributed by atoms with van der Waals surface area (Å²) < 4.78 is 0. The average molecular weight is 423 g/mol. The summed E-state index contributed by atoms with van der Waals surface area (Å²) in [5.74, 6) is 5.25. The zero-order valence-corrected chi connectivity index (χ0v) is 20.6. The first-order valence-corrected chi connectivity index (χ1v) is 13.4. The van der Waals surface area contributed by atoms with Crippen molar-refractivity contribution in [2.45, 2.75) is 123 Å². The Kier molecular flexibility index (Phi) is 6.18. The Balaban J connectivity index is 1.49. The van der Waals surface area contributed by atoms with Gasteiger partial charge in [-0.05, 0) is 104 Å². The van der Waals surface area contributed by atoms with Gasteiger partial charge < -0.3 is 5.11 Å². The van der Waals surface area contributed by atoms with Crippen molar-refractivity contribution in [3.05, 3.63) is 0 Å². The van der Waals surface area contributed by atoms with Gasteiger partial charge in [0.05, 0.1) is 11.0 Å². The van der Waals surface area contributed by atoms with Crippen molar-refractivity contribution in [3.8, 4) is 0 Å². The van der Waals surface area contributed by atoms with Crippen molar-refractivity contribution in [2.24, 2.45) is 46.3 Å². The minimum atomic E-state index is -0.173. The number of rotatable bonds is 5. The Morgan fingerprint density at radius 1 is 0.897 bits per heavy atom. The molecule has 4 rings (SSSR count). The Morgan fingerprint density at radius 2 is 1.66 bits per heavy atom. The third-order valence-corrected chi connectivity index (χ3v) is 11.7. The summed E-state index contributed by atoms with van der Waals surface area (Å²) >= 11 is 7.31. The molecule has 0 bridgehead atoms. The lowest BCUT2D eigenvalue weighted by molar-refractivity contribution is -0.118. The summed E-state index contributed by atoms with van der Waals surface area (Å²) in [7, 11) is 0. The molecule has 0 radical (unpaired) electrons. The molecule has 0 amide bonds. The third kappa shape index (κ3) is 3.63. The van der Waals surface area contributed by atoms with E-state index in [1.807, 2.05) is 0 Å². The highest BCUT2D eigenvalue weighted by atomic mass is 35.5. The lowest BCUT2D eigenvalue weighted by atomic mass is 9.44. The van der Waals surface area contributed by atoms with Gasteiger partial charge in [0.2, 0.25) is 0 Å². The molecule has 0 aromatic heterocycles. The second-order valence-electron chi connectivity index (χ2n) is 12.7. The van der Waals surface area contributed by atoms with Gasteiger partial charge in [0.15, 0.2) is 0 Å². The molecule has 0 aromatic carbocycles. The number of aliphatic hydroxyl groups is 1. The van der Waals surface area contributed by atoms with Gasteiger partial charge in [-0.1, -0.05) is 53.9 Å². The molecule has 1 N–H and O–H groups in total. The first-order chi connectivity index (χ1) is 13.6. The maximum absolute atomic E-state index is 10.3. The van der Waals surface area contributed by atoms with E-state index in [4.69, 9.17) is 11.6 Å². The number of alkyl halides is 1. The standard InChI is InChI=1S/C27H47ClO/c1-18(2)7-6-8-19(3)22-9-10-23-21-12-16-27(28)17-20(29)11-15-26(27,5)24(21)13-14-25(22,23)4/h18-24,29H,6-17H2,1-5H3/t19-,20+,21+,22-,23+,24+,25-,26-,27?/m1/s1. The van der Waals surface area contributed by atoms with Gasteiger partial charge >= 0.3 is 0 Å². The molecule has 4 aliphatic carbocycles. The lowest BCUT2D eigenvalue weighted by Crippen LogP contribution is -2.60. The molecule has 2 heteroatoms. The normalized spacial score (nSPS) is 50.7. The summed E-state index contributed by atoms with van der Waals surface area (Å²) in [5.41, 5.74) is 0.800. The number of fused-ring (bicyclic) bond motifs is 5. The van der Waals surface area contributed by atoms with Crippen LogP contribution in [0.4, 0.5) is 0 Å². The monoisotopic (exact) mass is 422 g/mol. The number of halogens is 1. The molecular formula is C27H47ClO. The van der Waals surface area contributed by atoms with Crippen molar-refractivity contribution in [1.82, 2.24) is 0 Å². The van der Waals surface area contributed by atoms with Gasteiger partial charge in [-0.25, -0.2) is 0 Å². The van der Waals surface area contributed by atoms with Gasteiger partial charge in [0.1, 0.15) is 0 Å². The van der Waals surface area contributed by atoms with Crippen LogP contribution in [0.1, 0.15) is 112 Å². The molecule has 29 heavy (non-hydrogen) atoms. The Hall–Kier alpha value is 0.250. The maximum Gasteiger partial charge on any atom is 0.0557 e. The van der Waals surface area contributed by atoms with Crippen LogP contribution in [0.5, 0.6) is 0 Å². The van der Waals surface area contributed by atoms with Crippen LogP contribution >= 0.6 is 11.6 Å². The fourth-order valence-electron chi connectivity index (χ4n) is 9.21. The van der Waals surface area contributed by atoms with Gasteiger partial charge in [-0.3, -0.25) is 0 Å². The van der Waals surface area contributed by atoms with Gasteiger partial charge in [0, 0.05) is 0 Å². The van der Waals surface area contributed by atoms with E-state index in [9.17, 15) is 5.11 Å². The molecule has 0 aromatic rings. The first kappa shape index (κ1) is 22.4. The number of hydrogen-bond donors (Lipinski definition) is 1. The Bertz CT molecular complexity index is 589. The molecule has 1 nitrogen and oxygen atoms in total. The van der Waals surface area contributed by atoms with Crippen molar-refractivity contribution in [3.63, 3.8) is 0 Å². The molecule has 9 atom stereocenters. The zero-order valence-electron chi connectivity index (χ0n) is 19.9. The summed E-state index contributed by atoms with van der Waals surface area (Å²) in [6, 6.07) is 0. The molecule has 168 valence electrons. The topological polar surface area (TPSA) is 20.2 Å². The van der Waals surface area contributed by atoms with Gasteiger partial charge in [0.25, 0.3) is 0 Å². The predicted molar refractivity (Wildman–Crippen MR) is 124 cm³/mol. The smallest absolute Gasteiger partial charge is 0.0557 e. The van der Waals surface area contributed by atoms with Crippen LogP contribution in [0.3, 0.4) is 0 Å². The number of hydrogen-bond acceptors (Lipinski definition) is 1. The Labute approximate surface area is 185 Å². The van der Waals surface area contributed by atoms with Gasteiger partial charge in [-0.15, -0.1) is 11.6 Å². The second-order valence-corrected chi connectivity index (χ2v) is 13.4. The van der Waals surface area contributed by atoms with Crippen LogP contribution in [0.15, 0.2) is 0 Å². The van der Waals surface area contributed by atoms with Crippen molar-refractivity contribution < 1.29 is 5.11 Å². The summed E-state index contributed by atoms with van der Waals surface area (Å²) in [6.07, 6.45) is 15.2. The summed E-state index contributed by atoms with van der Waals surface area (Å²) in [5, 5.41) is 10.3.